The van der Waals surface area contributed by atoms with Gasteiger partial charge in [0, 0.05) is 23.6 Å². The number of amides is 1. The number of ether oxygens (including phenoxy) is 1. The molecule has 0 radical (unpaired) electrons. The zero-order valence-electron chi connectivity index (χ0n) is 16.6. The van der Waals surface area contributed by atoms with Crippen molar-refractivity contribution in [2.24, 2.45) is 0 Å². The first-order valence-corrected chi connectivity index (χ1v) is 9.68. The minimum Gasteiger partial charge on any atom is -0.483 e. The second kappa shape index (κ2) is 9.39. The maximum atomic E-state index is 12.1. The number of benzene rings is 2. The van der Waals surface area contributed by atoms with Crippen LogP contribution in [0.2, 0.25) is 0 Å². The van der Waals surface area contributed by atoms with E-state index in [1.165, 1.54) is 6.07 Å². The quantitative estimate of drug-likeness (QED) is 0.572. The maximum absolute atomic E-state index is 12.1. The lowest BCUT2D eigenvalue weighted by Crippen LogP contribution is -2.32. The molecule has 0 unspecified atom stereocenters. The van der Waals surface area contributed by atoms with Crippen molar-refractivity contribution in [1.29, 1.82) is 0 Å². The molecule has 0 aliphatic heterocycles. The molecule has 6 nitrogen and oxygen atoms in total. The lowest BCUT2D eigenvalue weighted by atomic mass is 10.0. The SMILES string of the molecule is CCCc1cc(=O)oc2c(C)c(OCC(=O)NC[C@@H](O)c3ccccc3)ccc12. The van der Waals surface area contributed by atoms with E-state index in [-0.39, 0.29) is 19.1 Å². The Morgan fingerprint density at radius 1 is 1.21 bits per heavy atom. The highest BCUT2D eigenvalue weighted by molar-refractivity contribution is 5.85. The van der Waals surface area contributed by atoms with Gasteiger partial charge in [0.25, 0.3) is 5.91 Å². The molecule has 3 rings (SSSR count). The molecular formula is C23H25NO5. The molecular weight excluding hydrogens is 370 g/mol. The summed E-state index contributed by atoms with van der Waals surface area (Å²) in [5.74, 6) is 0.133. The van der Waals surface area contributed by atoms with Gasteiger partial charge in [-0.05, 0) is 36.6 Å². The zero-order valence-corrected chi connectivity index (χ0v) is 16.6. The molecule has 1 amide bonds. The molecule has 0 aliphatic carbocycles. The number of fused-ring (bicyclic) bond motifs is 1. The Balaban J connectivity index is 1.65. The number of carbonyl (C=O) groups excluding carboxylic acids is 1. The monoisotopic (exact) mass is 395 g/mol. The molecule has 0 saturated carbocycles. The molecule has 1 heterocycles. The smallest absolute Gasteiger partial charge is 0.336 e. The summed E-state index contributed by atoms with van der Waals surface area (Å²) in [6.45, 7) is 3.75. The normalized spacial score (nSPS) is 12.0. The van der Waals surface area contributed by atoms with Crippen LogP contribution in [0.3, 0.4) is 0 Å². The van der Waals surface area contributed by atoms with Crippen molar-refractivity contribution in [2.75, 3.05) is 13.2 Å². The molecule has 0 spiro atoms. The number of carbonyl (C=O) groups is 1. The Bertz CT molecular complexity index is 1040. The molecule has 3 aromatic rings. The Morgan fingerprint density at radius 2 is 1.97 bits per heavy atom. The number of hydrogen-bond acceptors (Lipinski definition) is 5. The third-order valence-corrected chi connectivity index (χ3v) is 4.75. The fraction of sp³-hybridized carbons (Fsp3) is 0.304. The number of hydrogen-bond donors (Lipinski definition) is 2. The van der Waals surface area contributed by atoms with E-state index in [1.807, 2.05) is 24.3 Å². The lowest BCUT2D eigenvalue weighted by Gasteiger charge is -2.14. The second-order valence-corrected chi connectivity index (χ2v) is 6.93. The van der Waals surface area contributed by atoms with Crippen LogP contribution in [0.4, 0.5) is 0 Å². The fourth-order valence-corrected chi connectivity index (χ4v) is 3.24. The van der Waals surface area contributed by atoms with Crippen LogP contribution in [0.1, 0.15) is 36.1 Å². The molecule has 2 N–H and O–H groups in total. The van der Waals surface area contributed by atoms with Gasteiger partial charge < -0.3 is 19.6 Å². The Morgan fingerprint density at radius 3 is 2.69 bits per heavy atom. The fourth-order valence-electron chi connectivity index (χ4n) is 3.24. The largest absolute Gasteiger partial charge is 0.483 e. The van der Waals surface area contributed by atoms with E-state index >= 15 is 0 Å². The van der Waals surface area contributed by atoms with Crippen molar-refractivity contribution in [1.82, 2.24) is 5.32 Å². The van der Waals surface area contributed by atoms with Crippen LogP contribution in [0.25, 0.3) is 11.0 Å². The van der Waals surface area contributed by atoms with Crippen LogP contribution < -0.4 is 15.7 Å². The third-order valence-electron chi connectivity index (χ3n) is 4.75. The van der Waals surface area contributed by atoms with Gasteiger partial charge in [0.1, 0.15) is 11.3 Å². The first-order valence-electron chi connectivity index (χ1n) is 9.68. The maximum Gasteiger partial charge on any atom is 0.336 e. The van der Waals surface area contributed by atoms with Crippen LogP contribution in [0, 0.1) is 6.92 Å². The summed E-state index contributed by atoms with van der Waals surface area (Å²) in [4.78, 5) is 24.0. The summed E-state index contributed by atoms with van der Waals surface area (Å²) in [5, 5.41) is 13.7. The molecule has 2 aromatic carbocycles. The van der Waals surface area contributed by atoms with E-state index in [1.54, 1.807) is 25.1 Å². The van der Waals surface area contributed by atoms with Crippen LogP contribution in [-0.2, 0) is 11.2 Å². The van der Waals surface area contributed by atoms with Gasteiger partial charge in [-0.3, -0.25) is 4.79 Å². The van der Waals surface area contributed by atoms with Crippen molar-refractivity contribution in [2.45, 2.75) is 32.8 Å². The average Bonchev–Trinajstić information content (AvgIpc) is 2.72. The molecule has 152 valence electrons. The van der Waals surface area contributed by atoms with E-state index in [0.29, 0.717) is 16.9 Å². The molecule has 0 saturated heterocycles. The third kappa shape index (κ3) is 5.03. The van der Waals surface area contributed by atoms with Gasteiger partial charge in [-0.25, -0.2) is 4.79 Å². The van der Waals surface area contributed by atoms with Crippen molar-refractivity contribution in [3.8, 4) is 5.75 Å². The minimum atomic E-state index is -0.784. The van der Waals surface area contributed by atoms with Crippen LogP contribution in [-0.4, -0.2) is 24.2 Å². The second-order valence-electron chi connectivity index (χ2n) is 6.93. The summed E-state index contributed by atoms with van der Waals surface area (Å²) < 4.78 is 11.0. The molecule has 1 atom stereocenters. The van der Waals surface area contributed by atoms with Crippen molar-refractivity contribution in [3.63, 3.8) is 0 Å². The minimum absolute atomic E-state index is 0.0954. The first-order chi connectivity index (χ1) is 14.0. The van der Waals surface area contributed by atoms with Crippen LogP contribution >= 0.6 is 0 Å². The van der Waals surface area contributed by atoms with Gasteiger partial charge >= 0.3 is 5.63 Å². The van der Waals surface area contributed by atoms with Crippen LogP contribution in [0.5, 0.6) is 5.75 Å². The molecule has 0 bridgehead atoms. The van der Waals surface area contributed by atoms with E-state index in [4.69, 9.17) is 9.15 Å². The molecule has 1 aromatic heterocycles. The van der Waals surface area contributed by atoms with E-state index in [9.17, 15) is 14.7 Å². The standard InChI is InChI=1S/C23H25NO5/c1-3-7-17-12-22(27)29-23-15(2)20(11-10-18(17)23)28-14-21(26)24-13-19(25)16-8-5-4-6-9-16/h4-6,8-12,19,25H,3,7,13-14H2,1-2H3,(H,24,26)/t19-/m1/s1. The van der Waals surface area contributed by atoms with Gasteiger partial charge in [0.05, 0.1) is 6.10 Å². The Labute approximate surface area is 169 Å². The first kappa shape index (κ1) is 20.6. The van der Waals surface area contributed by atoms with Crippen LogP contribution in [0.15, 0.2) is 57.7 Å². The van der Waals surface area contributed by atoms with E-state index in [2.05, 4.69) is 12.2 Å². The molecule has 0 fully saturated rings. The molecule has 0 aliphatic rings. The van der Waals surface area contributed by atoms with Crippen molar-refractivity contribution < 1.29 is 19.1 Å². The van der Waals surface area contributed by atoms with Gasteiger partial charge in [-0.1, -0.05) is 43.7 Å². The summed E-state index contributed by atoms with van der Waals surface area (Å²) in [7, 11) is 0. The highest BCUT2D eigenvalue weighted by Crippen LogP contribution is 2.28. The van der Waals surface area contributed by atoms with Gasteiger partial charge in [0.15, 0.2) is 6.61 Å². The molecule has 29 heavy (non-hydrogen) atoms. The predicted molar refractivity (Wildman–Crippen MR) is 111 cm³/mol. The van der Waals surface area contributed by atoms with Gasteiger partial charge in [-0.15, -0.1) is 0 Å². The lowest BCUT2D eigenvalue weighted by molar-refractivity contribution is -0.123. The number of nitrogens with one attached hydrogen (secondary N) is 1. The van der Waals surface area contributed by atoms with Crippen molar-refractivity contribution >= 4 is 16.9 Å². The number of aliphatic hydroxyl groups is 1. The zero-order chi connectivity index (χ0) is 20.8. The topological polar surface area (TPSA) is 88.8 Å². The predicted octanol–water partition coefficient (Wildman–Crippen LogP) is 3.28. The number of aliphatic hydroxyl groups excluding tert-OH is 1. The Kier molecular flexibility index (Phi) is 6.67. The van der Waals surface area contributed by atoms with E-state index < -0.39 is 11.7 Å². The van der Waals surface area contributed by atoms with Gasteiger partial charge in [0.2, 0.25) is 0 Å². The highest BCUT2D eigenvalue weighted by Gasteiger charge is 2.14. The Hall–Kier alpha value is -3.12. The molecule has 6 heteroatoms. The summed E-state index contributed by atoms with van der Waals surface area (Å²) in [6, 6.07) is 14.3. The average molecular weight is 395 g/mol. The van der Waals surface area contributed by atoms with Gasteiger partial charge in [-0.2, -0.15) is 0 Å². The number of aryl methyl sites for hydroxylation is 2. The summed E-state index contributed by atoms with van der Waals surface area (Å²) in [6.07, 6.45) is 0.924. The van der Waals surface area contributed by atoms with Crippen molar-refractivity contribution in [3.05, 3.63) is 75.6 Å². The highest BCUT2D eigenvalue weighted by atomic mass is 16.5. The van der Waals surface area contributed by atoms with E-state index in [0.717, 1.165) is 29.4 Å². The summed E-state index contributed by atoms with van der Waals surface area (Å²) >= 11 is 0. The number of rotatable bonds is 8. The summed E-state index contributed by atoms with van der Waals surface area (Å²) in [5.41, 5.74) is 2.44.